The molecule has 0 bridgehead atoms. The Balaban J connectivity index is 2.00. The number of ether oxygens (including phenoxy) is 1. The van der Waals surface area contributed by atoms with Crippen molar-refractivity contribution in [2.24, 2.45) is 0 Å². The maximum Gasteiger partial charge on any atom is 0.338 e. The number of hydrogen-bond donors (Lipinski definition) is 1. The fourth-order valence-corrected chi connectivity index (χ4v) is 2.46. The molecule has 7 nitrogen and oxygen atoms in total. The molecule has 2 rings (SSSR count). The van der Waals surface area contributed by atoms with Gasteiger partial charge in [0.25, 0.3) is 11.6 Å². The molecule has 0 radical (unpaired) electrons. The Morgan fingerprint density at radius 1 is 1.11 bits per heavy atom. The third-order valence-corrected chi connectivity index (χ3v) is 4.03. The van der Waals surface area contributed by atoms with Crippen LogP contribution in [-0.4, -0.2) is 23.4 Å². The van der Waals surface area contributed by atoms with Gasteiger partial charge >= 0.3 is 5.97 Å². The average molecular weight is 370 g/mol. The summed E-state index contributed by atoms with van der Waals surface area (Å²) in [6.07, 6.45) is 0. The molecule has 7 heteroatoms. The molecule has 0 aliphatic heterocycles. The van der Waals surface area contributed by atoms with Crippen LogP contribution in [0.5, 0.6) is 0 Å². The van der Waals surface area contributed by atoms with Crippen LogP contribution in [-0.2, 0) is 14.9 Å². The molecular formula is C20H22N2O5. The van der Waals surface area contributed by atoms with Crippen LogP contribution in [0.4, 0.5) is 11.4 Å². The van der Waals surface area contributed by atoms with Crippen LogP contribution in [0, 0.1) is 17.0 Å². The van der Waals surface area contributed by atoms with E-state index < -0.39 is 23.4 Å². The monoisotopic (exact) mass is 370 g/mol. The predicted molar refractivity (Wildman–Crippen MR) is 102 cm³/mol. The van der Waals surface area contributed by atoms with Crippen molar-refractivity contribution in [3.05, 3.63) is 69.3 Å². The van der Waals surface area contributed by atoms with Gasteiger partial charge in [-0.25, -0.2) is 4.79 Å². The van der Waals surface area contributed by atoms with E-state index in [0.717, 1.165) is 5.56 Å². The summed E-state index contributed by atoms with van der Waals surface area (Å²) in [4.78, 5) is 34.6. The number of rotatable bonds is 5. The first kappa shape index (κ1) is 20.1. The van der Waals surface area contributed by atoms with Gasteiger partial charge in [0.15, 0.2) is 6.61 Å². The van der Waals surface area contributed by atoms with Gasteiger partial charge in [0, 0.05) is 6.07 Å². The number of nitro groups is 1. The van der Waals surface area contributed by atoms with E-state index in [4.69, 9.17) is 4.74 Å². The van der Waals surface area contributed by atoms with Gasteiger partial charge in [-0.2, -0.15) is 0 Å². The van der Waals surface area contributed by atoms with E-state index in [1.807, 2.05) is 12.1 Å². The van der Waals surface area contributed by atoms with E-state index >= 15 is 0 Å². The Labute approximate surface area is 157 Å². The number of carbonyl (C=O) groups is 2. The minimum Gasteiger partial charge on any atom is -0.452 e. The summed E-state index contributed by atoms with van der Waals surface area (Å²) in [5.74, 6) is -1.28. The number of anilines is 1. The molecule has 27 heavy (non-hydrogen) atoms. The summed E-state index contributed by atoms with van der Waals surface area (Å²) >= 11 is 0. The standard InChI is InChI=1S/C20H22N2O5/c1-13-6-5-7-16(22(25)26)18(13)21-17(23)12-27-19(24)14-8-10-15(11-9-14)20(2,3)4/h5-11H,12H2,1-4H3,(H,21,23). The SMILES string of the molecule is Cc1cccc([N+](=O)[O-])c1NC(=O)COC(=O)c1ccc(C(C)(C)C)cc1. The number of nitrogens with one attached hydrogen (secondary N) is 1. The summed E-state index contributed by atoms with van der Waals surface area (Å²) < 4.78 is 5.01. The molecule has 1 N–H and O–H groups in total. The summed E-state index contributed by atoms with van der Waals surface area (Å²) in [5.41, 5.74) is 1.79. The van der Waals surface area contributed by atoms with Crippen molar-refractivity contribution in [1.82, 2.24) is 0 Å². The molecule has 0 spiro atoms. The van der Waals surface area contributed by atoms with Crippen molar-refractivity contribution in [2.75, 3.05) is 11.9 Å². The lowest BCUT2D eigenvalue weighted by molar-refractivity contribution is -0.384. The van der Waals surface area contributed by atoms with Gasteiger partial charge in [0.2, 0.25) is 0 Å². The lowest BCUT2D eigenvalue weighted by Crippen LogP contribution is -2.22. The van der Waals surface area contributed by atoms with Crippen molar-refractivity contribution in [1.29, 1.82) is 0 Å². The highest BCUT2D eigenvalue weighted by atomic mass is 16.6. The van der Waals surface area contributed by atoms with E-state index in [1.54, 1.807) is 25.1 Å². The molecule has 0 unspecified atom stereocenters. The van der Waals surface area contributed by atoms with Crippen molar-refractivity contribution in [2.45, 2.75) is 33.1 Å². The van der Waals surface area contributed by atoms with Crippen LogP contribution >= 0.6 is 0 Å². The van der Waals surface area contributed by atoms with E-state index in [9.17, 15) is 19.7 Å². The topological polar surface area (TPSA) is 98.5 Å². The van der Waals surface area contributed by atoms with Gasteiger partial charge in [0.1, 0.15) is 5.69 Å². The number of nitrogens with zero attached hydrogens (tertiary/aromatic N) is 1. The van der Waals surface area contributed by atoms with E-state index in [-0.39, 0.29) is 16.8 Å². The lowest BCUT2D eigenvalue weighted by Gasteiger charge is -2.18. The number of hydrogen-bond acceptors (Lipinski definition) is 5. The summed E-state index contributed by atoms with van der Waals surface area (Å²) in [7, 11) is 0. The van der Waals surface area contributed by atoms with Crippen molar-refractivity contribution in [3.63, 3.8) is 0 Å². The molecule has 0 aliphatic carbocycles. The van der Waals surface area contributed by atoms with E-state index in [1.165, 1.54) is 12.1 Å². The van der Waals surface area contributed by atoms with Gasteiger partial charge < -0.3 is 10.1 Å². The quantitative estimate of drug-likeness (QED) is 0.487. The fourth-order valence-electron chi connectivity index (χ4n) is 2.46. The zero-order valence-corrected chi connectivity index (χ0v) is 15.7. The van der Waals surface area contributed by atoms with Gasteiger partial charge in [0.05, 0.1) is 10.5 Å². The molecule has 0 fully saturated rings. The maximum absolute atomic E-state index is 12.1. The Morgan fingerprint density at radius 2 is 1.74 bits per heavy atom. The maximum atomic E-state index is 12.1. The highest BCUT2D eigenvalue weighted by Crippen LogP contribution is 2.27. The second kappa shape index (κ2) is 7.99. The summed E-state index contributed by atoms with van der Waals surface area (Å²) in [6.45, 7) is 7.30. The highest BCUT2D eigenvalue weighted by molar-refractivity contribution is 5.97. The molecule has 142 valence electrons. The number of aryl methyl sites for hydroxylation is 1. The molecule has 1 amide bonds. The summed E-state index contributed by atoms with van der Waals surface area (Å²) in [6, 6.07) is 11.4. The molecule has 0 heterocycles. The fraction of sp³-hybridized carbons (Fsp3) is 0.300. The molecule has 2 aromatic carbocycles. The number of benzene rings is 2. The summed E-state index contributed by atoms with van der Waals surface area (Å²) in [5, 5.41) is 13.5. The zero-order chi connectivity index (χ0) is 20.2. The molecule has 0 saturated heterocycles. The number of esters is 1. The normalized spacial score (nSPS) is 11.0. The first-order valence-electron chi connectivity index (χ1n) is 8.41. The minimum absolute atomic E-state index is 0.0371. The number of amides is 1. The highest BCUT2D eigenvalue weighted by Gasteiger charge is 2.19. The minimum atomic E-state index is -0.646. The molecule has 0 aliphatic rings. The van der Waals surface area contributed by atoms with Crippen LogP contribution in [0.1, 0.15) is 42.3 Å². The second-order valence-electron chi connectivity index (χ2n) is 7.18. The van der Waals surface area contributed by atoms with Crippen LogP contribution in [0.2, 0.25) is 0 Å². The smallest absolute Gasteiger partial charge is 0.338 e. The Bertz CT molecular complexity index is 867. The van der Waals surface area contributed by atoms with Gasteiger partial charge in [-0.05, 0) is 35.6 Å². The number of para-hydroxylation sites is 1. The Morgan fingerprint density at radius 3 is 2.30 bits per heavy atom. The largest absolute Gasteiger partial charge is 0.452 e. The van der Waals surface area contributed by atoms with Crippen LogP contribution in [0.3, 0.4) is 0 Å². The van der Waals surface area contributed by atoms with Crippen molar-refractivity contribution in [3.8, 4) is 0 Å². The number of carbonyl (C=O) groups excluding carboxylic acids is 2. The average Bonchev–Trinajstić information content (AvgIpc) is 2.60. The van der Waals surface area contributed by atoms with Crippen molar-refractivity contribution >= 4 is 23.3 Å². The zero-order valence-electron chi connectivity index (χ0n) is 15.7. The van der Waals surface area contributed by atoms with Gasteiger partial charge in [-0.1, -0.05) is 45.0 Å². The first-order valence-corrected chi connectivity index (χ1v) is 8.41. The Kier molecular flexibility index (Phi) is 5.95. The van der Waals surface area contributed by atoms with E-state index in [0.29, 0.717) is 11.1 Å². The molecule has 0 atom stereocenters. The predicted octanol–water partition coefficient (Wildman–Crippen LogP) is 4.00. The van der Waals surface area contributed by atoms with Gasteiger partial charge in [-0.3, -0.25) is 14.9 Å². The van der Waals surface area contributed by atoms with E-state index in [2.05, 4.69) is 26.1 Å². The Hall–Kier alpha value is -3.22. The lowest BCUT2D eigenvalue weighted by atomic mass is 9.87. The molecule has 0 aromatic heterocycles. The van der Waals surface area contributed by atoms with Crippen LogP contribution in [0.25, 0.3) is 0 Å². The molecule has 0 saturated carbocycles. The third-order valence-electron chi connectivity index (χ3n) is 4.03. The first-order chi connectivity index (χ1) is 12.6. The second-order valence-corrected chi connectivity index (χ2v) is 7.18. The van der Waals surface area contributed by atoms with Crippen LogP contribution in [0.15, 0.2) is 42.5 Å². The molecular weight excluding hydrogens is 348 g/mol. The number of nitro benzene ring substituents is 1. The third kappa shape index (κ3) is 5.13. The van der Waals surface area contributed by atoms with Gasteiger partial charge in [-0.15, -0.1) is 0 Å². The van der Waals surface area contributed by atoms with Crippen LogP contribution < -0.4 is 5.32 Å². The molecule has 2 aromatic rings. The van der Waals surface area contributed by atoms with Crippen molar-refractivity contribution < 1.29 is 19.2 Å².